The molecule has 34 heavy (non-hydrogen) atoms. The quantitative estimate of drug-likeness (QED) is 0.479. The number of carbonyl (C=O) groups is 1. The second kappa shape index (κ2) is 8.81. The zero-order valence-corrected chi connectivity index (χ0v) is 19.6. The number of aromatic carboxylic acids is 1. The van der Waals surface area contributed by atoms with Gasteiger partial charge in [0.2, 0.25) is 5.95 Å². The lowest BCUT2D eigenvalue weighted by Gasteiger charge is -2.32. The zero-order chi connectivity index (χ0) is 23.8. The van der Waals surface area contributed by atoms with Crippen LogP contribution < -0.4 is 4.90 Å². The van der Waals surface area contributed by atoms with E-state index in [1.165, 1.54) is 0 Å². The smallest absolute Gasteiger partial charge is 0.335 e. The molecular weight excluding hydrogens is 430 g/mol. The predicted octanol–water partition coefficient (Wildman–Crippen LogP) is 4.00. The molecule has 9 heteroatoms. The molecule has 174 valence electrons. The van der Waals surface area contributed by atoms with E-state index in [9.17, 15) is 9.90 Å². The molecule has 0 aliphatic carbocycles. The van der Waals surface area contributed by atoms with E-state index in [4.69, 9.17) is 4.98 Å². The molecule has 1 aliphatic heterocycles. The van der Waals surface area contributed by atoms with Gasteiger partial charge in [-0.05, 0) is 68.0 Å². The normalized spacial score (nSPS) is 14.6. The Hall–Kier alpha value is -3.88. The van der Waals surface area contributed by atoms with E-state index in [1.807, 2.05) is 43.2 Å². The molecule has 1 aliphatic rings. The van der Waals surface area contributed by atoms with E-state index in [2.05, 4.69) is 32.1 Å². The molecule has 0 atom stereocenters. The number of aryl methyl sites for hydroxylation is 3. The molecule has 1 aromatic carbocycles. The van der Waals surface area contributed by atoms with E-state index >= 15 is 0 Å². The topological polar surface area (TPSA) is 110 Å². The summed E-state index contributed by atoms with van der Waals surface area (Å²) in [6.45, 7) is 7.63. The van der Waals surface area contributed by atoms with E-state index < -0.39 is 5.97 Å². The van der Waals surface area contributed by atoms with Crippen molar-refractivity contribution in [3.63, 3.8) is 0 Å². The molecule has 3 aromatic heterocycles. The fourth-order valence-corrected chi connectivity index (χ4v) is 4.74. The highest BCUT2D eigenvalue weighted by Gasteiger charge is 2.25. The van der Waals surface area contributed by atoms with Crippen LogP contribution in [0.3, 0.4) is 0 Å². The molecule has 0 unspecified atom stereocenters. The minimum absolute atomic E-state index is 0.238. The molecule has 4 aromatic rings. The Kier molecular flexibility index (Phi) is 5.69. The number of hydrogen-bond donors (Lipinski definition) is 1. The van der Waals surface area contributed by atoms with Gasteiger partial charge in [0.15, 0.2) is 0 Å². The van der Waals surface area contributed by atoms with Crippen LogP contribution in [0.2, 0.25) is 0 Å². The Morgan fingerprint density at radius 1 is 1.03 bits per heavy atom. The van der Waals surface area contributed by atoms with Gasteiger partial charge in [-0.3, -0.25) is 4.98 Å². The minimum Gasteiger partial charge on any atom is -0.478 e. The van der Waals surface area contributed by atoms with Gasteiger partial charge in [-0.2, -0.15) is 0 Å². The maximum Gasteiger partial charge on any atom is 0.335 e. The summed E-state index contributed by atoms with van der Waals surface area (Å²) in [6, 6.07) is 5.54. The number of hydrogen-bond acceptors (Lipinski definition) is 7. The molecule has 1 saturated heterocycles. The SMILES string of the molecule is CCc1cnc(N2CCC(n3nnc4cc(-c5c(C)cc(C(=O)O)cc5C)ncc43)CC2)nc1. The van der Waals surface area contributed by atoms with Crippen molar-refractivity contribution in [2.45, 2.75) is 46.1 Å². The number of nitrogens with zero attached hydrogens (tertiary/aromatic N) is 7. The number of rotatable bonds is 5. The Labute approximate surface area is 197 Å². The first-order valence-corrected chi connectivity index (χ1v) is 11.6. The second-order valence-electron chi connectivity index (χ2n) is 8.85. The van der Waals surface area contributed by atoms with Crippen molar-refractivity contribution in [1.29, 1.82) is 0 Å². The van der Waals surface area contributed by atoms with Crippen LogP contribution in [0.1, 0.15) is 52.9 Å². The number of piperidine rings is 1. The lowest BCUT2D eigenvalue weighted by atomic mass is 9.96. The van der Waals surface area contributed by atoms with Gasteiger partial charge in [-0.1, -0.05) is 12.1 Å². The summed E-state index contributed by atoms with van der Waals surface area (Å²) >= 11 is 0. The fraction of sp³-hybridized carbons (Fsp3) is 0.360. The van der Waals surface area contributed by atoms with Crippen molar-refractivity contribution in [3.8, 4) is 11.3 Å². The van der Waals surface area contributed by atoms with Crippen molar-refractivity contribution in [2.75, 3.05) is 18.0 Å². The van der Waals surface area contributed by atoms with Crippen LogP contribution >= 0.6 is 0 Å². The average Bonchev–Trinajstić information content (AvgIpc) is 3.27. The zero-order valence-electron chi connectivity index (χ0n) is 19.6. The van der Waals surface area contributed by atoms with Gasteiger partial charge in [-0.15, -0.1) is 5.10 Å². The number of pyridine rings is 1. The lowest BCUT2D eigenvalue weighted by molar-refractivity contribution is 0.0696. The number of aromatic nitrogens is 6. The third kappa shape index (κ3) is 3.98. The van der Waals surface area contributed by atoms with Gasteiger partial charge in [-0.25, -0.2) is 19.4 Å². The van der Waals surface area contributed by atoms with E-state index in [0.717, 1.165) is 77.3 Å². The molecule has 4 heterocycles. The van der Waals surface area contributed by atoms with E-state index in [-0.39, 0.29) is 11.6 Å². The third-order valence-corrected chi connectivity index (χ3v) is 6.59. The molecule has 0 saturated carbocycles. The van der Waals surface area contributed by atoms with Crippen LogP contribution in [0, 0.1) is 13.8 Å². The van der Waals surface area contributed by atoms with Gasteiger partial charge in [0.25, 0.3) is 0 Å². The summed E-state index contributed by atoms with van der Waals surface area (Å²) in [5.41, 5.74) is 6.57. The number of fused-ring (bicyclic) bond motifs is 1. The monoisotopic (exact) mass is 457 g/mol. The Morgan fingerprint density at radius 2 is 1.71 bits per heavy atom. The van der Waals surface area contributed by atoms with Crippen LogP contribution in [0.4, 0.5) is 5.95 Å². The maximum absolute atomic E-state index is 11.4. The highest BCUT2D eigenvalue weighted by atomic mass is 16.4. The summed E-state index contributed by atoms with van der Waals surface area (Å²) in [4.78, 5) is 27.3. The second-order valence-corrected chi connectivity index (χ2v) is 8.85. The van der Waals surface area contributed by atoms with Gasteiger partial charge < -0.3 is 10.0 Å². The average molecular weight is 458 g/mol. The van der Waals surface area contributed by atoms with Crippen molar-refractivity contribution in [2.24, 2.45) is 0 Å². The minimum atomic E-state index is -0.931. The van der Waals surface area contributed by atoms with Gasteiger partial charge in [0.05, 0.1) is 23.5 Å². The Bertz CT molecular complexity index is 1330. The first-order valence-electron chi connectivity index (χ1n) is 11.6. The lowest BCUT2D eigenvalue weighted by Crippen LogP contribution is -2.36. The number of carboxylic acids is 1. The van der Waals surface area contributed by atoms with Crippen molar-refractivity contribution >= 4 is 23.0 Å². The Morgan fingerprint density at radius 3 is 2.32 bits per heavy atom. The summed E-state index contributed by atoms with van der Waals surface area (Å²) in [5.74, 6) is -0.148. The molecule has 0 spiro atoms. The summed E-state index contributed by atoms with van der Waals surface area (Å²) < 4.78 is 1.98. The van der Waals surface area contributed by atoms with Crippen molar-refractivity contribution in [3.05, 3.63) is 59.0 Å². The standard InChI is InChI=1S/C25H27N7O2/c1-4-17-12-27-25(28-13-17)31-7-5-19(6-8-31)32-22-14-26-21(11-20(22)29-30-32)23-15(2)9-18(24(33)34)10-16(23)3/h9-14,19H,4-8H2,1-3H3,(H,33,34). The highest BCUT2D eigenvalue weighted by molar-refractivity contribution is 5.90. The Balaban J connectivity index is 1.36. The molecule has 5 rings (SSSR count). The number of benzene rings is 1. The van der Waals surface area contributed by atoms with Crippen molar-refractivity contribution < 1.29 is 9.90 Å². The predicted molar refractivity (Wildman–Crippen MR) is 129 cm³/mol. The first kappa shape index (κ1) is 21.9. The van der Waals surface area contributed by atoms with Crippen LogP contribution in [0.15, 0.2) is 36.8 Å². The summed E-state index contributed by atoms with van der Waals surface area (Å²) in [6.07, 6.45) is 8.42. The summed E-state index contributed by atoms with van der Waals surface area (Å²) in [5, 5.41) is 18.2. The fourth-order valence-electron chi connectivity index (χ4n) is 4.74. The molecule has 1 fully saturated rings. The third-order valence-electron chi connectivity index (χ3n) is 6.59. The molecule has 0 bridgehead atoms. The summed E-state index contributed by atoms with van der Waals surface area (Å²) in [7, 11) is 0. The van der Waals surface area contributed by atoms with Crippen LogP contribution in [0.25, 0.3) is 22.3 Å². The molecule has 0 amide bonds. The number of carboxylic acid groups (broad SMARTS) is 1. The molecule has 9 nitrogen and oxygen atoms in total. The first-order chi connectivity index (χ1) is 16.4. The maximum atomic E-state index is 11.4. The van der Waals surface area contributed by atoms with E-state index in [0.29, 0.717) is 0 Å². The van der Waals surface area contributed by atoms with Gasteiger partial charge in [0.1, 0.15) is 11.0 Å². The highest BCUT2D eigenvalue weighted by Crippen LogP contribution is 2.31. The van der Waals surface area contributed by atoms with Crippen LogP contribution in [-0.4, -0.2) is 54.1 Å². The molecule has 0 radical (unpaired) electrons. The van der Waals surface area contributed by atoms with Crippen molar-refractivity contribution in [1.82, 2.24) is 29.9 Å². The van der Waals surface area contributed by atoms with Crippen LogP contribution in [0.5, 0.6) is 0 Å². The van der Waals surface area contributed by atoms with E-state index in [1.54, 1.807) is 12.1 Å². The number of anilines is 1. The molecule has 1 N–H and O–H groups in total. The molecular formula is C25H27N7O2. The van der Waals surface area contributed by atoms with Gasteiger partial charge >= 0.3 is 5.97 Å². The largest absolute Gasteiger partial charge is 0.478 e. The van der Waals surface area contributed by atoms with Gasteiger partial charge in [0, 0.05) is 31.0 Å². The van der Waals surface area contributed by atoms with Crippen LogP contribution in [-0.2, 0) is 6.42 Å².